The number of nitrogens with zero attached hydrogens (tertiary/aromatic N) is 3. The summed E-state index contributed by atoms with van der Waals surface area (Å²) in [6, 6.07) is 7.76. The number of amides is 2. The van der Waals surface area contributed by atoms with E-state index >= 15 is 0 Å². The van der Waals surface area contributed by atoms with Gasteiger partial charge in [0.1, 0.15) is 17.5 Å². The lowest BCUT2D eigenvalue weighted by Crippen LogP contribution is -2.33. The Bertz CT molecular complexity index is 1220. The van der Waals surface area contributed by atoms with Gasteiger partial charge in [0.2, 0.25) is 5.91 Å². The van der Waals surface area contributed by atoms with Gasteiger partial charge >= 0.3 is 6.09 Å². The van der Waals surface area contributed by atoms with Gasteiger partial charge in [0, 0.05) is 35.5 Å². The number of methoxy groups -OCH3 is 1. The fourth-order valence-corrected chi connectivity index (χ4v) is 4.43. The van der Waals surface area contributed by atoms with Crippen LogP contribution in [0, 0.1) is 0 Å². The Balaban J connectivity index is 1.45. The number of pyridine rings is 1. The summed E-state index contributed by atoms with van der Waals surface area (Å²) in [5, 5.41) is 7.07. The van der Waals surface area contributed by atoms with Gasteiger partial charge in [-0.2, -0.15) is 0 Å². The normalized spacial score (nSPS) is 17.1. The molecule has 1 aromatic carbocycles. The summed E-state index contributed by atoms with van der Waals surface area (Å²) < 4.78 is 16.7. The van der Waals surface area contributed by atoms with Crippen molar-refractivity contribution < 1.29 is 23.6 Å². The Kier molecular flexibility index (Phi) is 5.45. The third-order valence-electron chi connectivity index (χ3n) is 6.02. The number of aromatic nitrogens is 2. The van der Waals surface area contributed by atoms with Crippen molar-refractivity contribution in [2.45, 2.75) is 32.3 Å². The van der Waals surface area contributed by atoms with Crippen LogP contribution in [0.1, 0.15) is 24.5 Å². The van der Waals surface area contributed by atoms with Crippen LogP contribution in [0.3, 0.4) is 0 Å². The molecule has 170 valence electrons. The van der Waals surface area contributed by atoms with Crippen molar-refractivity contribution in [2.75, 3.05) is 25.1 Å². The zero-order valence-corrected chi connectivity index (χ0v) is 18.5. The van der Waals surface area contributed by atoms with E-state index in [1.165, 1.54) is 6.92 Å². The molecule has 0 unspecified atom stereocenters. The first-order valence-electron chi connectivity index (χ1n) is 10.9. The van der Waals surface area contributed by atoms with Crippen LogP contribution in [-0.2, 0) is 22.4 Å². The predicted molar refractivity (Wildman–Crippen MR) is 120 cm³/mol. The number of ether oxygens (including phenoxy) is 2. The number of anilines is 1. The van der Waals surface area contributed by atoms with Crippen LogP contribution in [0.2, 0.25) is 0 Å². The van der Waals surface area contributed by atoms with Crippen LogP contribution in [0.25, 0.3) is 22.6 Å². The fourth-order valence-electron chi connectivity index (χ4n) is 4.43. The second-order valence-corrected chi connectivity index (χ2v) is 8.16. The molecule has 0 saturated carbocycles. The quantitative estimate of drug-likeness (QED) is 0.638. The van der Waals surface area contributed by atoms with Gasteiger partial charge in [0.05, 0.1) is 26.4 Å². The minimum atomic E-state index is -0.411. The molecule has 1 aliphatic carbocycles. The van der Waals surface area contributed by atoms with Crippen molar-refractivity contribution in [3.8, 4) is 28.3 Å². The number of carbonyl (C=O) groups is 2. The Morgan fingerprint density at radius 1 is 1.27 bits per heavy atom. The molecule has 1 atom stereocenters. The topological polar surface area (TPSA) is 107 Å². The molecule has 3 aromatic rings. The van der Waals surface area contributed by atoms with Crippen molar-refractivity contribution in [2.24, 2.45) is 0 Å². The number of hydrogen-bond donors (Lipinski definition) is 1. The minimum Gasteiger partial charge on any atom is -0.494 e. The Hall–Kier alpha value is -3.88. The van der Waals surface area contributed by atoms with Crippen LogP contribution in [-0.4, -0.2) is 48.4 Å². The van der Waals surface area contributed by atoms with Gasteiger partial charge < -0.3 is 19.3 Å². The molecule has 2 amide bonds. The second kappa shape index (κ2) is 8.57. The van der Waals surface area contributed by atoms with Crippen molar-refractivity contribution in [1.29, 1.82) is 0 Å². The summed E-state index contributed by atoms with van der Waals surface area (Å²) in [5.74, 6) is 1.24. The number of carbonyl (C=O) groups excluding carboxylic acids is 2. The molecule has 9 heteroatoms. The molecule has 2 aromatic heterocycles. The van der Waals surface area contributed by atoms with Gasteiger partial charge in [-0.05, 0) is 49.1 Å². The van der Waals surface area contributed by atoms with Crippen LogP contribution >= 0.6 is 0 Å². The highest BCUT2D eigenvalue weighted by molar-refractivity contribution is 5.91. The third-order valence-corrected chi connectivity index (χ3v) is 6.02. The Morgan fingerprint density at radius 3 is 2.97 bits per heavy atom. The second-order valence-electron chi connectivity index (χ2n) is 8.16. The van der Waals surface area contributed by atoms with E-state index in [0.717, 1.165) is 58.7 Å². The Morgan fingerprint density at radius 2 is 2.15 bits per heavy atom. The van der Waals surface area contributed by atoms with Crippen molar-refractivity contribution >= 4 is 17.7 Å². The van der Waals surface area contributed by atoms with Gasteiger partial charge in [-0.25, -0.2) is 4.79 Å². The first kappa shape index (κ1) is 21.0. The molecule has 0 spiro atoms. The lowest BCUT2D eigenvalue weighted by atomic mass is 10.00. The zero-order chi connectivity index (χ0) is 22.9. The van der Waals surface area contributed by atoms with Gasteiger partial charge in [-0.15, -0.1) is 0 Å². The monoisotopic (exact) mass is 448 g/mol. The molecule has 3 heterocycles. The van der Waals surface area contributed by atoms with Crippen LogP contribution in [0.4, 0.5) is 10.5 Å². The highest BCUT2D eigenvalue weighted by atomic mass is 16.6. The van der Waals surface area contributed by atoms with E-state index < -0.39 is 6.09 Å². The van der Waals surface area contributed by atoms with E-state index in [1.54, 1.807) is 24.4 Å². The number of nitrogens with one attached hydrogen (secondary N) is 1. The number of rotatable bonds is 5. The van der Waals surface area contributed by atoms with Crippen LogP contribution in [0.15, 0.2) is 41.2 Å². The average molecular weight is 448 g/mol. The number of fused-ring (bicyclic) bond motifs is 3. The smallest absolute Gasteiger partial charge is 0.414 e. The maximum absolute atomic E-state index is 12.4. The van der Waals surface area contributed by atoms with E-state index in [4.69, 9.17) is 14.0 Å². The molecule has 2 aliphatic rings. The number of aryl methyl sites for hydroxylation is 1. The molecule has 0 bridgehead atoms. The van der Waals surface area contributed by atoms with Gasteiger partial charge in [0.15, 0.2) is 5.76 Å². The molecule has 33 heavy (non-hydrogen) atoms. The van der Waals surface area contributed by atoms with E-state index in [1.807, 2.05) is 24.3 Å². The molecular formula is C24H24N4O5. The summed E-state index contributed by atoms with van der Waals surface area (Å²) >= 11 is 0. The minimum absolute atomic E-state index is 0.152. The molecule has 1 aliphatic heterocycles. The first-order chi connectivity index (χ1) is 16.0. The lowest BCUT2D eigenvalue weighted by Gasteiger charge is -2.15. The summed E-state index contributed by atoms with van der Waals surface area (Å²) in [4.78, 5) is 29.3. The number of hydrogen-bond acceptors (Lipinski definition) is 7. The van der Waals surface area contributed by atoms with E-state index in [0.29, 0.717) is 18.8 Å². The summed E-state index contributed by atoms with van der Waals surface area (Å²) in [7, 11) is 1.61. The van der Waals surface area contributed by atoms with Crippen molar-refractivity contribution in [3.05, 3.63) is 47.8 Å². The Labute approximate surface area is 190 Å². The van der Waals surface area contributed by atoms with Gasteiger partial charge in [-0.3, -0.25) is 14.7 Å². The van der Waals surface area contributed by atoms with Gasteiger partial charge in [0.25, 0.3) is 0 Å². The molecule has 9 nitrogen and oxygen atoms in total. The largest absolute Gasteiger partial charge is 0.494 e. The molecule has 1 saturated heterocycles. The predicted octanol–water partition coefficient (Wildman–Crippen LogP) is 3.36. The summed E-state index contributed by atoms with van der Waals surface area (Å²) in [6.45, 7) is 2.12. The molecule has 1 fully saturated rings. The summed E-state index contributed by atoms with van der Waals surface area (Å²) in [6.07, 6.45) is 5.17. The van der Waals surface area contributed by atoms with Gasteiger partial charge in [-0.1, -0.05) is 5.16 Å². The zero-order valence-electron chi connectivity index (χ0n) is 18.5. The average Bonchev–Trinajstić information content (AvgIpc) is 3.35. The lowest BCUT2D eigenvalue weighted by molar-refractivity contribution is -0.119. The molecule has 5 rings (SSSR count). The maximum atomic E-state index is 12.4. The number of cyclic esters (lactones) is 1. The van der Waals surface area contributed by atoms with Crippen LogP contribution < -0.4 is 15.0 Å². The summed E-state index contributed by atoms with van der Waals surface area (Å²) in [5.41, 5.74) is 5.49. The third kappa shape index (κ3) is 3.90. The maximum Gasteiger partial charge on any atom is 0.414 e. The first-order valence-corrected chi connectivity index (χ1v) is 10.9. The number of benzene rings is 1. The van der Waals surface area contributed by atoms with Crippen molar-refractivity contribution in [1.82, 2.24) is 15.5 Å². The molecular weight excluding hydrogens is 424 g/mol. The highest BCUT2D eigenvalue weighted by Crippen LogP contribution is 2.41. The highest BCUT2D eigenvalue weighted by Gasteiger charge is 2.33. The van der Waals surface area contributed by atoms with E-state index in [9.17, 15) is 9.59 Å². The molecule has 1 N–H and O–H groups in total. The standard InChI is InChI=1S/C24H24N4O5/c1-14(29)26-11-17-13-28(24(30)32-17)16-6-7-18-15(10-16)4-3-5-20-22(27-33-23(18)20)19-8-9-25-12-21(19)31-2/h6-10,12,17H,3-5,11,13H2,1-2H3,(H,26,29)/t17-/m0/s1. The fraction of sp³-hybridized carbons (Fsp3) is 0.333. The van der Waals surface area contributed by atoms with Crippen molar-refractivity contribution in [3.63, 3.8) is 0 Å². The molecule has 0 radical (unpaired) electrons. The van der Waals surface area contributed by atoms with E-state index in [2.05, 4.69) is 15.5 Å². The SMILES string of the molecule is COc1cnccc1-c1noc2c1CCCc1cc(N3C[C@H](CNC(C)=O)OC3=O)ccc1-2. The van der Waals surface area contributed by atoms with Crippen LogP contribution in [0.5, 0.6) is 5.75 Å². The van der Waals surface area contributed by atoms with E-state index in [-0.39, 0.29) is 12.0 Å².